The van der Waals surface area contributed by atoms with Crippen LogP contribution in [0.4, 0.5) is 0 Å². The molecule has 0 heterocycles. The number of allylic oxidation sites excluding steroid dienone is 4. The van der Waals surface area contributed by atoms with E-state index >= 15 is 0 Å². The highest BCUT2D eigenvalue weighted by atomic mass is 16.6. The minimum Gasteiger partial charge on any atom is -0.462 e. The second-order valence-corrected chi connectivity index (χ2v) is 19.5. The van der Waals surface area contributed by atoms with Crippen molar-refractivity contribution >= 4 is 11.9 Å². The second-order valence-electron chi connectivity index (χ2n) is 19.5. The van der Waals surface area contributed by atoms with Crippen LogP contribution in [0.5, 0.6) is 0 Å². The van der Waals surface area contributed by atoms with Gasteiger partial charge in [-0.3, -0.25) is 9.59 Å². The first-order valence-corrected chi connectivity index (χ1v) is 28.9. The van der Waals surface area contributed by atoms with E-state index < -0.39 is 6.10 Å². The normalized spacial score (nSPS) is 12.2. The third kappa shape index (κ3) is 53.0. The Labute approximate surface area is 400 Å². The summed E-state index contributed by atoms with van der Waals surface area (Å²) in [5, 5.41) is 0. The van der Waals surface area contributed by atoms with Crippen LogP contribution in [0.1, 0.15) is 316 Å². The fraction of sp³-hybridized carbons (Fsp3) is 0.898. The van der Waals surface area contributed by atoms with Crippen molar-refractivity contribution in [3.63, 3.8) is 0 Å². The molecule has 0 aromatic heterocycles. The highest BCUT2D eigenvalue weighted by molar-refractivity contribution is 5.70. The lowest BCUT2D eigenvalue weighted by Gasteiger charge is -2.18. The number of unbranched alkanes of at least 4 members (excludes halogenated alkanes) is 39. The van der Waals surface area contributed by atoms with E-state index in [9.17, 15) is 9.59 Å². The van der Waals surface area contributed by atoms with Gasteiger partial charge in [0.05, 0.1) is 6.61 Å². The molecule has 0 aliphatic carbocycles. The number of hydrogen-bond donors (Lipinski definition) is 0. The lowest BCUT2D eigenvalue weighted by atomic mass is 10.0. The van der Waals surface area contributed by atoms with Crippen LogP contribution >= 0.6 is 0 Å². The van der Waals surface area contributed by atoms with Crippen LogP contribution in [-0.2, 0) is 23.8 Å². The number of hydrogen-bond acceptors (Lipinski definition) is 5. The Morgan fingerprint density at radius 3 is 1.00 bits per heavy atom. The Hall–Kier alpha value is -1.62. The number of carbonyl (C=O) groups is 2. The van der Waals surface area contributed by atoms with Gasteiger partial charge in [0, 0.05) is 19.4 Å². The minimum atomic E-state index is -0.535. The van der Waals surface area contributed by atoms with Crippen LogP contribution in [0, 0.1) is 0 Å². The molecule has 378 valence electrons. The van der Waals surface area contributed by atoms with Crippen LogP contribution < -0.4 is 0 Å². The molecule has 0 N–H and O–H groups in total. The van der Waals surface area contributed by atoms with Gasteiger partial charge in [0.25, 0.3) is 0 Å². The first-order chi connectivity index (χ1) is 31.6. The molecule has 0 aliphatic heterocycles. The summed E-state index contributed by atoms with van der Waals surface area (Å²) in [6.07, 6.45) is 66.3. The predicted molar refractivity (Wildman–Crippen MR) is 279 cm³/mol. The maximum atomic E-state index is 12.8. The van der Waals surface area contributed by atoms with E-state index in [1.807, 2.05) is 0 Å². The van der Waals surface area contributed by atoms with Crippen molar-refractivity contribution in [1.29, 1.82) is 0 Å². The van der Waals surface area contributed by atoms with E-state index in [-0.39, 0.29) is 18.5 Å². The summed E-state index contributed by atoms with van der Waals surface area (Å²) in [4.78, 5) is 25.4. The Morgan fingerprint density at radius 1 is 0.328 bits per heavy atom. The summed E-state index contributed by atoms with van der Waals surface area (Å²) < 4.78 is 17.5. The Morgan fingerprint density at radius 2 is 0.625 bits per heavy atom. The fourth-order valence-electron chi connectivity index (χ4n) is 8.61. The third-order valence-electron chi connectivity index (χ3n) is 13.0. The SMILES string of the molecule is CCCC/C=C\CCCCCCCC(=O)OC(COCCCCCCCCCCCCCCCCCCCC)COC(=O)CCCCCCCCCCC/C=C\CCCCCCCC. The molecule has 0 spiro atoms. The van der Waals surface area contributed by atoms with Crippen LogP contribution in [0.3, 0.4) is 0 Å². The summed E-state index contributed by atoms with van der Waals surface area (Å²) in [5.41, 5.74) is 0. The molecule has 0 fully saturated rings. The molecule has 0 radical (unpaired) electrons. The monoisotopic (exact) mass is 901 g/mol. The minimum absolute atomic E-state index is 0.0877. The molecule has 0 amide bonds. The van der Waals surface area contributed by atoms with Gasteiger partial charge in [-0.1, -0.05) is 263 Å². The molecule has 1 atom stereocenters. The van der Waals surface area contributed by atoms with Gasteiger partial charge in [-0.25, -0.2) is 0 Å². The van der Waals surface area contributed by atoms with Crippen molar-refractivity contribution in [3.8, 4) is 0 Å². The highest BCUT2D eigenvalue weighted by Crippen LogP contribution is 2.16. The molecule has 0 saturated heterocycles. The molecule has 5 nitrogen and oxygen atoms in total. The predicted octanol–water partition coefficient (Wildman–Crippen LogP) is 19.6. The molecule has 1 unspecified atom stereocenters. The Kier molecular flexibility index (Phi) is 54.3. The van der Waals surface area contributed by atoms with Crippen molar-refractivity contribution in [2.45, 2.75) is 322 Å². The third-order valence-corrected chi connectivity index (χ3v) is 13.0. The van der Waals surface area contributed by atoms with Crippen LogP contribution in [0.2, 0.25) is 0 Å². The first kappa shape index (κ1) is 62.4. The van der Waals surface area contributed by atoms with Crippen molar-refractivity contribution < 1.29 is 23.8 Å². The van der Waals surface area contributed by atoms with Crippen LogP contribution in [0.25, 0.3) is 0 Å². The first-order valence-electron chi connectivity index (χ1n) is 28.9. The summed E-state index contributed by atoms with van der Waals surface area (Å²) in [6.45, 7) is 7.85. The maximum Gasteiger partial charge on any atom is 0.306 e. The smallest absolute Gasteiger partial charge is 0.306 e. The summed E-state index contributed by atoms with van der Waals surface area (Å²) >= 11 is 0. The van der Waals surface area contributed by atoms with Gasteiger partial charge >= 0.3 is 11.9 Å². The van der Waals surface area contributed by atoms with Crippen molar-refractivity contribution in [2.75, 3.05) is 19.8 Å². The summed E-state index contributed by atoms with van der Waals surface area (Å²) in [7, 11) is 0. The second kappa shape index (κ2) is 55.7. The standard InChI is InChI=1S/C59H112O5/c1-4-7-10-13-16-19-22-24-26-28-30-31-33-35-38-40-43-46-49-52-58(60)63-56-57(64-59(61)53-50-47-44-41-37-21-18-15-12-9-6-3)55-62-54-51-48-45-42-39-36-34-32-29-27-25-23-20-17-14-11-8-5-2/h15,18,24,26,57H,4-14,16-17,19-23,25,27-56H2,1-3H3/b18-15-,26-24-. The number of carbonyl (C=O) groups excluding carboxylic acids is 2. The molecule has 0 bridgehead atoms. The van der Waals surface area contributed by atoms with Crippen LogP contribution in [-0.4, -0.2) is 37.9 Å². The van der Waals surface area contributed by atoms with Gasteiger partial charge in [-0.05, 0) is 64.2 Å². The molecule has 0 aromatic carbocycles. The van der Waals surface area contributed by atoms with Crippen molar-refractivity contribution in [2.24, 2.45) is 0 Å². The quantitative estimate of drug-likeness (QED) is 0.0346. The molecule has 64 heavy (non-hydrogen) atoms. The average molecular weight is 902 g/mol. The number of rotatable bonds is 54. The molecule has 0 saturated carbocycles. The van der Waals surface area contributed by atoms with E-state index in [0.29, 0.717) is 26.1 Å². The Bertz CT molecular complexity index is 974. The maximum absolute atomic E-state index is 12.8. The Balaban J connectivity index is 4.15. The van der Waals surface area contributed by atoms with Crippen molar-refractivity contribution in [3.05, 3.63) is 24.3 Å². The zero-order valence-electron chi connectivity index (χ0n) is 43.6. The molecule has 0 rings (SSSR count). The fourth-order valence-corrected chi connectivity index (χ4v) is 8.61. The number of ether oxygens (including phenoxy) is 3. The van der Waals surface area contributed by atoms with Gasteiger partial charge < -0.3 is 14.2 Å². The lowest BCUT2D eigenvalue weighted by Crippen LogP contribution is -2.30. The van der Waals surface area contributed by atoms with Gasteiger partial charge in [-0.15, -0.1) is 0 Å². The number of esters is 2. The highest BCUT2D eigenvalue weighted by Gasteiger charge is 2.17. The molecule has 5 heteroatoms. The van der Waals surface area contributed by atoms with E-state index in [4.69, 9.17) is 14.2 Å². The van der Waals surface area contributed by atoms with E-state index in [1.54, 1.807) is 0 Å². The molecular formula is C59H112O5. The zero-order valence-corrected chi connectivity index (χ0v) is 43.6. The molecule has 0 aliphatic rings. The molecular weight excluding hydrogens is 789 g/mol. The molecule has 0 aromatic rings. The van der Waals surface area contributed by atoms with Crippen molar-refractivity contribution in [1.82, 2.24) is 0 Å². The largest absolute Gasteiger partial charge is 0.462 e. The van der Waals surface area contributed by atoms with E-state index in [1.165, 1.54) is 238 Å². The summed E-state index contributed by atoms with van der Waals surface area (Å²) in [5.74, 6) is -0.391. The van der Waals surface area contributed by atoms with Gasteiger partial charge in [0.2, 0.25) is 0 Å². The lowest BCUT2D eigenvalue weighted by molar-refractivity contribution is -0.163. The van der Waals surface area contributed by atoms with Gasteiger partial charge in [0.15, 0.2) is 6.10 Å². The summed E-state index contributed by atoms with van der Waals surface area (Å²) in [6, 6.07) is 0. The van der Waals surface area contributed by atoms with E-state index in [2.05, 4.69) is 45.1 Å². The average Bonchev–Trinajstić information content (AvgIpc) is 3.30. The zero-order chi connectivity index (χ0) is 46.3. The topological polar surface area (TPSA) is 61.8 Å². The van der Waals surface area contributed by atoms with Gasteiger partial charge in [0.1, 0.15) is 6.61 Å². The van der Waals surface area contributed by atoms with Crippen LogP contribution in [0.15, 0.2) is 24.3 Å². The van der Waals surface area contributed by atoms with E-state index in [0.717, 1.165) is 44.9 Å². The van der Waals surface area contributed by atoms with Gasteiger partial charge in [-0.2, -0.15) is 0 Å².